The number of hydrogen-bond donors (Lipinski definition) is 2. The molecule has 4 unspecified atom stereocenters. The number of nitrogens with zero attached hydrogens (tertiary/aromatic N) is 1. The van der Waals surface area contributed by atoms with Crippen LogP contribution in [0.15, 0.2) is 0 Å². The van der Waals surface area contributed by atoms with Crippen LogP contribution >= 0.6 is 0 Å². The average molecular weight is 212 g/mol. The molecule has 2 fully saturated rings. The molecule has 3 heteroatoms. The van der Waals surface area contributed by atoms with E-state index in [9.17, 15) is 5.11 Å². The van der Waals surface area contributed by atoms with Crippen molar-refractivity contribution in [1.29, 1.82) is 0 Å². The summed E-state index contributed by atoms with van der Waals surface area (Å²) in [5.41, 5.74) is 0. The van der Waals surface area contributed by atoms with Crippen molar-refractivity contribution in [2.24, 2.45) is 0 Å². The number of piperazine rings is 1. The predicted molar refractivity (Wildman–Crippen MR) is 61.9 cm³/mol. The second-order valence-electron chi connectivity index (χ2n) is 5.34. The summed E-state index contributed by atoms with van der Waals surface area (Å²) in [6.45, 7) is 6.65. The van der Waals surface area contributed by atoms with E-state index in [0.29, 0.717) is 18.1 Å². The fourth-order valence-corrected chi connectivity index (χ4v) is 3.16. The zero-order valence-corrected chi connectivity index (χ0v) is 9.95. The van der Waals surface area contributed by atoms with Gasteiger partial charge in [0, 0.05) is 31.2 Å². The lowest BCUT2D eigenvalue weighted by Crippen LogP contribution is -2.59. The van der Waals surface area contributed by atoms with Crippen molar-refractivity contribution in [2.45, 2.75) is 63.8 Å². The second kappa shape index (κ2) is 4.81. The van der Waals surface area contributed by atoms with E-state index in [2.05, 4.69) is 24.1 Å². The number of aliphatic hydroxyl groups is 1. The largest absolute Gasteiger partial charge is 0.391 e. The van der Waals surface area contributed by atoms with Gasteiger partial charge in [-0.3, -0.25) is 4.90 Å². The number of rotatable bonds is 1. The van der Waals surface area contributed by atoms with E-state index in [1.165, 1.54) is 19.3 Å². The number of aliphatic hydroxyl groups excluding tert-OH is 1. The van der Waals surface area contributed by atoms with Crippen LogP contribution in [-0.2, 0) is 0 Å². The predicted octanol–water partition coefficient (Wildman–Crippen LogP) is 0.972. The van der Waals surface area contributed by atoms with Crippen LogP contribution in [-0.4, -0.2) is 47.3 Å². The third-order valence-corrected chi connectivity index (χ3v) is 3.75. The topological polar surface area (TPSA) is 35.5 Å². The van der Waals surface area contributed by atoms with Gasteiger partial charge in [0.1, 0.15) is 0 Å². The SMILES string of the molecule is CC1CN(C2CCCCC2O)CC(C)N1. The Morgan fingerprint density at radius 2 is 1.67 bits per heavy atom. The van der Waals surface area contributed by atoms with Gasteiger partial charge in [0.2, 0.25) is 0 Å². The smallest absolute Gasteiger partial charge is 0.0695 e. The molecule has 0 amide bonds. The molecule has 0 aromatic carbocycles. The molecule has 2 N–H and O–H groups in total. The van der Waals surface area contributed by atoms with Crippen LogP contribution in [0.4, 0.5) is 0 Å². The average Bonchev–Trinajstić information content (AvgIpc) is 2.16. The summed E-state index contributed by atoms with van der Waals surface area (Å²) in [6, 6.07) is 1.54. The molecule has 0 aromatic heterocycles. The van der Waals surface area contributed by atoms with E-state index < -0.39 is 0 Å². The molecule has 0 aromatic rings. The summed E-state index contributed by atoms with van der Waals surface area (Å²) in [4.78, 5) is 2.50. The van der Waals surface area contributed by atoms with Gasteiger partial charge in [0.25, 0.3) is 0 Å². The molecule has 1 heterocycles. The minimum atomic E-state index is -0.0868. The monoisotopic (exact) mass is 212 g/mol. The molecular weight excluding hydrogens is 188 g/mol. The molecule has 1 aliphatic carbocycles. The van der Waals surface area contributed by atoms with Crippen LogP contribution < -0.4 is 5.32 Å². The maximum atomic E-state index is 10.0. The van der Waals surface area contributed by atoms with E-state index in [4.69, 9.17) is 0 Å². The molecule has 2 rings (SSSR count). The van der Waals surface area contributed by atoms with E-state index in [1.54, 1.807) is 0 Å². The Morgan fingerprint density at radius 3 is 2.27 bits per heavy atom. The van der Waals surface area contributed by atoms with Crippen LogP contribution in [0.2, 0.25) is 0 Å². The first-order chi connectivity index (χ1) is 7.16. The Labute approximate surface area is 92.8 Å². The molecule has 2 aliphatic rings. The number of hydrogen-bond acceptors (Lipinski definition) is 3. The Balaban J connectivity index is 1.95. The van der Waals surface area contributed by atoms with Crippen molar-refractivity contribution in [2.75, 3.05) is 13.1 Å². The molecule has 0 bridgehead atoms. The fourth-order valence-electron chi connectivity index (χ4n) is 3.16. The summed E-state index contributed by atoms with van der Waals surface area (Å²) in [6.07, 6.45) is 4.58. The van der Waals surface area contributed by atoms with Crippen molar-refractivity contribution >= 4 is 0 Å². The lowest BCUT2D eigenvalue weighted by atomic mass is 9.90. The van der Waals surface area contributed by atoms with E-state index in [1.807, 2.05) is 0 Å². The first-order valence-corrected chi connectivity index (χ1v) is 6.35. The van der Waals surface area contributed by atoms with Crippen molar-refractivity contribution in [3.63, 3.8) is 0 Å². The van der Waals surface area contributed by atoms with Crippen LogP contribution in [0.1, 0.15) is 39.5 Å². The van der Waals surface area contributed by atoms with E-state index >= 15 is 0 Å². The summed E-state index contributed by atoms with van der Waals surface area (Å²) < 4.78 is 0. The fraction of sp³-hybridized carbons (Fsp3) is 1.00. The van der Waals surface area contributed by atoms with Gasteiger partial charge >= 0.3 is 0 Å². The normalized spacial score (nSPS) is 44.2. The third-order valence-electron chi connectivity index (χ3n) is 3.75. The molecule has 1 saturated heterocycles. The van der Waals surface area contributed by atoms with E-state index in [-0.39, 0.29) is 6.10 Å². The van der Waals surface area contributed by atoms with Crippen molar-refractivity contribution < 1.29 is 5.11 Å². The van der Waals surface area contributed by atoms with Gasteiger partial charge in [0.05, 0.1) is 6.10 Å². The second-order valence-corrected chi connectivity index (χ2v) is 5.34. The highest BCUT2D eigenvalue weighted by Gasteiger charge is 2.32. The zero-order chi connectivity index (χ0) is 10.8. The molecule has 1 aliphatic heterocycles. The molecule has 0 radical (unpaired) electrons. The van der Waals surface area contributed by atoms with Gasteiger partial charge in [0.15, 0.2) is 0 Å². The molecular formula is C12H24N2O. The third kappa shape index (κ3) is 2.71. The minimum Gasteiger partial charge on any atom is -0.391 e. The lowest BCUT2D eigenvalue weighted by Gasteiger charge is -2.44. The Kier molecular flexibility index (Phi) is 3.65. The van der Waals surface area contributed by atoms with Crippen LogP contribution in [0, 0.1) is 0 Å². The summed E-state index contributed by atoms with van der Waals surface area (Å²) in [7, 11) is 0. The van der Waals surface area contributed by atoms with Crippen LogP contribution in [0.25, 0.3) is 0 Å². The summed E-state index contributed by atoms with van der Waals surface area (Å²) in [5, 5.41) is 13.6. The molecule has 1 saturated carbocycles. The highest BCUT2D eigenvalue weighted by Crippen LogP contribution is 2.24. The summed E-state index contributed by atoms with van der Waals surface area (Å²) >= 11 is 0. The molecule has 4 atom stereocenters. The standard InChI is InChI=1S/C12H24N2O/c1-9-7-14(8-10(2)13-9)11-5-3-4-6-12(11)15/h9-13,15H,3-8H2,1-2H3. The molecule has 88 valence electrons. The molecule has 0 spiro atoms. The first-order valence-electron chi connectivity index (χ1n) is 6.35. The molecule has 15 heavy (non-hydrogen) atoms. The van der Waals surface area contributed by atoms with Crippen LogP contribution in [0.5, 0.6) is 0 Å². The lowest BCUT2D eigenvalue weighted by molar-refractivity contribution is 0.000864. The Bertz CT molecular complexity index is 200. The highest BCUT2D eigenvalue weighted by molar-refractivity contribution is 4.89. The van der Waals surface area contributed by atoms with Gasteiger partial charge in [-0.05, 0) is 26.7 Å². The zero-order valence-electron chi connectivity index (χ0n) is 9.95. The van der Waals surface area contributed by atoms with Crippen LogP contribution in [0.3, 0.4) is 0 Å². The number of nitrogens with one attached hydrogen (secondary N) is 1. The highest BCUT2D eigenvalue weighted by atomic mass is 16.3. The van der Waals surface area contributed by atoms with E-state index in [0.717, 1.165) is 19.5 Å². The van der Waals surface area contributed by atoms with Gasteiger partial charge < -0.3 is 10.4 Å². The van der Waals surface area contributed by atoms with Gasteiger partial charge in [-0.1, -0.05) is 12.8 Å². The minimum absolute atomic E-state index is 0.0868. The van der Waals surface area contributed by atoms with Crippen molar-refractivity contribution in [3.05, 3.63) is 0 Å². The Hall–Kier alpha value is -0.120. The van der Waals surface area contributed by atoms with Gasteiger partial charge in [-0.2, -0.15) is 0 Å². The molecule has 3 nitrogen and oxygen atoms in total. The quantitative estimate of drug-likeness (QED) is 0.680. The maximum absolute atomic E-state index is 10.0. The van der Waals surface area contributed by atoms with Crippen molar-refractivity contribution in [3.8, 4) is 0 Å². The summed E-state index contributed by atoms with van der Waals surface area (Å²) in [5.74, 6) is 0. The first kappa shape index (κ1) is 11.4. The van der Waals surface area contributed by atoms with Crippen molar-refractivity contribution in [1.82, 2.24) is 10.2 Å². The maximum Gasteiger partial charge on any atom is 0.0695 e. The van der Waals surface area contributed by atoms with Gasteiger partial charge in [-0.15, -0.1) is 0 Å². The Morgan fingerprint density at radius 1 is 1.07 bits per heavy atom. The van der Waals surface area contributed by atoms with Gasteiger partial charge in [-0.25, -0.2) is 0 Å².